The van der Waals surface area contributed by atoms with Gasteiger partial charge in [0.1, 0.15) is 6.07 Å². The Morgan fingerprint density at radius 2 is 2.50 bits per heavy atom. The Labute approximate surface area is 41.7 Å². The summed E-state index contributed by atoms with van der Waals surface area (Å²) in [6.45, 7) is 1.39. The van der Waals surface area contributed by atoms with Crippen LogP contribution >= 0.6 is 11.6 Å². The van der Waals surface area contributed by atoms with Crippen molar-refractivity contribution in [2.75, 3.05) is 6.07 Å². The smallest absolute Gasteiger partial charge is 0.190 e. The van der Waals surface area contributed by atoms with Crippen LogP contribution < -0.4 is 0 Å². The van der Waals surface area contributed by atoms with Gasteiger partial charge in [-0.15, -0.1) is 0 Å². The maximum atomic E-state index is 9.82. The van der Waals surface area contributed by atoms with Gasteiger partial charge < -0.3 is 4.74 Å². The van der Waals surface area contributed by atoms with Crippen LogP contribution in [0.25, 0.3) is 0 Å². The van der Waals surface area contributed by atoms with E-state index in [9.17, 15) is 5.11 Å². The molecule has 0 fully saturated rings. The molecule has 0 N–H and O–H groups in total. The van der Waals surface area contributed by atoms with Crippen molar-refractivity contribution in [2.24, 2.45) is 0 Å². The first-order valence-corrected chi connectivity index (χ1v) is 2.14. The zero-order valence-corrected chi connectivity index (χ0v) is 4.23. The molecule has 0 aromatic rings. The minimum atomic E-state index is -0.984. The number of halogens is 1. The summed E-state index contributed by atoms with van der Waals surface area (Å²) in [6.07, 6.45) is -0.984. The molecule has 0 spiro atoms. The molecule has 2 nitrogen and oxygen atoms in total. The Hall–Kier alpha value is 0.210. The van der Waals surface area contributed by atoms with E-state index in [1.807, 2.05) is 0 Å². The highest BCUT2D eigenvalue weighted by atomic mass is 35.5. The highest BCUT2D eigenvalue weighted by molar-refractivity contribution is 6.17. The lowest BCUT2D eigenvalue weighted by molar-refractivity contribution is -0.111. The minimum Gasteiger partial charge on any atom is -0.334 e. The molecule has 0 saturated heterocycles. The molecule has 1 atom stereocenters. The topological polar surface area (TPSA) is 29.1 Å². The molecule has 0 amide bonds. The molecule has 37 valence electrons. The third kappa shape index (κ3) is 4.21. The van der Waals surface area contributed by atoms with E-state index in [2.05, 4.69) is 4.74 Å². The zero-order chi connectivity index (χ0) is 4.99. The van der Waals surface area contributed by atoms with Crippen molar-refractivity contribution in [2.45, 2.75) is 13.2 Å². The van der Waals surface area contributed by atoms with Gasteiger partial charge in [-0.3, -0.25) is 0 Å². The molecule has 1 unspecified atom stereocenters. The van der Waals surface area contributed by atoms with E-state index >= 15 is 0 Å². The summed E-state index contributed by atoms with van der Waals surface area (Å²) in [7, 11) is 0. The van der Waals surface area contributed by atoms with Gasteiger partial charge in [-0.1, -0.05) is 11.6 Å². The molecule has 6 heavy (non-hydrogen) atoms. The predicted octanol–water partition coefficient (Wildman–Crippen LogP) is 0.976. The van der Waals surface area contributed by atoms with E-state index in [-0.39, 0.29) is 6.07 Å². The molecule has 0 aromatic carbocycles. The van der Waals surface area contributed by atoms with Gasteiger partial charge in [-0.2, -0.15) is 0 Å². The molecule has 0 aromatic heterocycles. The summed E-state index contributed by atoms with van der Waals surface area (Å²) in [6, 6.07) is -0.00926. The first-order valence-electron chi connectivity index (χ1n) is 1.60. The maximum absolute atomic E-state index is 9.82. The molecule has 0 aliphatic heterocycles. The molecule has 0 heterocycles. The molecular formula is C3H6ClO2. The lowest BCUT2D eigenvalue weighted by Crippen LogP contribution is -2.01. The number of alkyl halides is 1. The minimum absolute atomic E-state index is 0.00926. The van der Waals surface area contributed by atoms with Gasteiger partial charge in [0.15, 0.2) is 6.29 Å². The second-order valence-electron chi connectivity index (χ2n) is 0.843. The first-order chi connectivity index (χ1) is 2.77. The Morgan fingerprint density at radius 1 is 2.00 bits per heavy atom. The van der Waals surface area contributed by atoms with Crippen molar-refractivity contribution in [3.05, 3.63) is 0 Å². The molecule has 1 radical (unpaired) electrons. The van der Waals surface area contributed by atoms with E-state index in [1.54, 1.807) is 0 Å². The van der Waals surface area contributed by atoms with Crippen molar-refractivity contribution in [1.29, 1.82) is 0 Å². The third-order valence-corrected chi connectivity index (χ3v) is 0.424. The first kappa shape index (κ1) is 6.21. The van der Waals surface area contributed by atoms with Gasteiger partial charge >= 0.3 is 0 Å². The lowest BCUT2D eigenvalue weighted by atomic mass is 10.8. The van der Waals surface area contributed by atoms with Gasteiger partial charge in [0.2, 0.25) is 0 Å². The van der Waals surface area contributed by atoms with Crippen LogP contribution in [0.15, 0.2) is 0 Å². The zero-order valence-electron chi connectivity index (χ0n) is 3.48. The van der Waals surface area contributed by atoms with Crippen LogP contribution in [0.3, 0.4) is 0 Å². The van der Waals surface area contributed by atoms with Crippen molar-refractivity contribution in [3.63, 3.8) is 0 Å². The molecule has 0 aliphatic rings. The second kappa shape index (κ2) is 3.40. The van der Waals surface area contributed by atoms with Crippen LogP contribution in [0.1, 0.15) is 6.92 Å². The number of ether oxygens (including phenoxy) is 1. The number of hydrogen-bond acceptors (Lipinski definition) is 1. The standard InChI is InChI=1S/C3H6ClO2/c1-3(5)6-2-4/h3H,2H2,1H3. The van der Waals surface area contributed by atoms with Crippen molar-refractivity contribution >= 4 is 11.6 Å². The van der Waals surface area contributed by atoms with Gasteiger partial charge in [-0.25, -0.2) is 5.11 Å². The van der Waals surface area contributed by atoms with E-state index in [0.717, 1.165) is 0 Å². The molecule has 0 bridgehead atoms. The highest BCUT2D eigenvalue weighted by Gasteiger charge is 1.89. The lowest BCUT2D eigenvalue weighted by Gasteiger charge is -1.94. The average Bonchev–Trinajstić information content (AvgIpc) is 1.35. The van der Waals surface area contributed by atoms with Crippen LogP contribution in [-0.2, 0) is 9.84 Å². The van der Waals surface area contributed by atoms with E-state index in [0.29, 0.717) is 0 Å². The fraction of sp³-hybridized carbons (Fsp3) is 1.00. The Kier molecular flexibility index (Phi) is 3.52. The summed E-state index contributed by atoms with van der Waals surface area (Å²) in [5, 5.41) is 9.82. The maximum Gasteiger partial charge on any atom is 0.190 e. The van der Waals surface area contributed by atoms with E-state index < -0.39 is 6.29 Å². The molecule has 0 aliphatic carbocycles. The Morgan fingerprint density at radius 3 is 2.50 bits per heavy atom. The summed E-state index contributed by atoms with van der Waals surface area (Å²) in [4.78, 5) is 0. The van der Waals surface area contributed by atoms with Crippen LogP contribution in [0.2, 0.25) is 0 Å². The molecule has 0 saturated carbocycles. The summed E-state index contributed by atoms with van der Waals surface area (Å²) in [5.41, 5.74) is 0. The predicted molar refractivity (Wildman–Crippen MR) is 22.0 cm³/mol. The van der Waals surface area contributed by atoms with Gasteiger partial charge in [0.25, 0.3) is 0 Å². The van der Waals surface area contributed by atoms with Crippen molar-refractivity contribution in [1.82, 2.24) is 0 Å². The summed E-state index contributed by atoms with van der Waals surface area (Å²) in [5.74, 6) is 0. The van der Waals surface area contributed by atoms with Gasteiger partial charge in [-0.05, 0) is 6.92 Å². The van der Waals surface area contributed by atoms with E-state index in [1.165, 1.54) is 6.92 Å². The fourth-order valence-corrected chi connectivity index (χ4v) is 0.266. The SMILES string of the molecule is CC([O])OCCl. The van der Waals surface area contributed by atoms with Gasteiger partial charge in [0, 0.05) is 0 Å². The molecule has 3 heteroatoms. The van der Waals surface area contributed by atoms with Crippen LogP contribution in [0, 0.1) is 0 Å². The van der Waals surface area contributed by atoms with Gasteiger partial charge in [0.05, 0.1) is 0 Å². The van der Waals surface area contributed by atoms with Crippen LogP contribution in [0.5, 0.6) is 0 Å². The Balaban J connectivity index is 2.63. The fourth-order valence-electron chi connectivity index (χ4n) is 0.0887. The second-order valence-corrected chi connectivity index (χ2v) is 1.06. The quantitative estimate of drug-likeness (QED) is 0.384. The van der Waals surface area contributed by atoms with E-state index in [4.69, 9.17) is 11.6 Å². The molecular weight excluding hydrogens is 103 g/mol. The number of rotatable bonds is 2. The van der Waals surface area contributed by atoms with Crippen molar-refractivity contribution in [3.8, 4) is 0 Å². The third-order valence-electron chi connectivity index (χ3n) is 0.298. The monoisotopic (exact) mass is 109 g/mol. The molecule has 0 rings (SSSR count). The van der Waals surface area contributed by atoms with Crippen LogP contribution in [0.4, 0.5) is 0 Å². The van der Waals surface area contributed by atoms with Crippen molar-refractivity contribution < 1.29 is 9.84 Å². The highest BCUT2D eigenvalue weighted by Crippen LogP contribution is 1.84. The largest absolute Gasteiger partial charge is 0.334 e. The normalized spacial score (nSPS) is 14.5. The number of hydrogen-bond donors (Lipinski definition) is 0. The Bertz CT molecular complexity index is 30.0. The van der Waals surface area contributed by atoms with Crippen LogP contribution in [-0.4, -0.2) is 12.4 Å². The summed E-state index contributed by atoms with van der Waals surface area (Å²) < 4.78 is 4.25. The average molecular weight is 110 g/mol. The summed E-state index contributed by atoms with van der Waals surface area (Å²) >= 11 is 4.97.